The third kappa shape index (κ3) is 2.80. The SMILES string of the molecule is COc1cc(C(=O)N2CC3CC4CC2[C@H]43)cc2sc(-c3cc4cccnc4n3CC3CC3)c(C)c12. The van der Waals surface area contributed by atoms with Gasteiger partial charge in [0.1, 0.15) is 11.4 Å². The van der Waals surface area contributed by atoms with Crippen LogP contribution in [-0.2, 0) is 6.54 Å². The van der Waals surface area contributed by atoms with Crippen molar-refractivity contribution in [1.29, 1.82) is 0 Å². The molecule has 35 heavy (non-hydrogen) atoms. The van der Waals surface area contributed by atoms with E-state index in [0.717, 1.165) is 63.8 Å². The maximum Gasteiger partial charge on any atom is 0.254 e. The fourth-order valence-corrected chi connectivity index (χ4v) is 8.54. The number of likely N-dealkylation sites (tertiary alicyclic amines) is 1. The fourth-order valence-electron chi connectivity index (χ4n) is 7.25. The molecule has 3 aromatic heterocycles. The number of benzene rings is 1. The zero-order chi connectivity index (χ0) is 23.4. The van der Waals surface area contributed by atoms with Gasteiger partial charge in [-0.2, -0.15) is 0 Å². The van der Waals surface area contributed by atoms with Crippen LogP contribution in [0.15, 0.2) is 36.5 Å². The van der Waals surface area contributed by atoms with Crippen LogP contribution in [0.2, 0.25) is 0 Å². The highest BCUT2D eigenvalue weighted by molar-refractivity contribution is 7.22. The topological polar surface area (TPSA) is 47.4 Å². The number of aryl methyl sites for hydroxylation is 1. The van der Waals surface area contributed by atoms with Crippen molar-refractivity contribution in [3.8, 4) is 16.3 Å². The maximum absolute atomic E-state index is 13.6. The molecule has 8 rings (SSSR count). The van der Waals surface area contributed by atoms with Gasteiger partial charge in [0.05, 0.1) is 17.7 Å². The number of aromatic nitrogens is 2. The molecule has 4 atom stereocenters. The standard InChI is InChI=1S/C29H29N3O2S/c1-15-25-23(34-2)11-19(29(33)32-14-20-8-18-10-21(32)26(18)20)12-24(25)35-27(15)22-9-17-4-3-7-30-28(17)31(22)13-16-5-6-16/h3-4,7,9,11-12,16,18,20-21,26H,5-6,8,10,13-14H2,1-2H3/t18?,20?,21?,26-/m1/s1. The molecule has 6 heteroatoms. The van der Waals surface area contributed by atoms with Crippen molar-refractivity contribution in [2.45, 2.75) is 45.2 Å². The van der Waals surface area contributed by atoms with Gasteiger partial charge in [-0.15, -0.1) is 11.3 Å². The molecule has 178 valence electrons. The Kier molecular flexibility index (Phi) is 4.12. The van der Waals surface area contributed by atoms with Gasteiger partial charge < -0.3 is 14.2 Å². The van der Waals surface area contributed by atoms with Gasteiger partial charge in [0.2, 0.25) is 0 Å². The number of hydrogen-bond donors (Lipinski definition) is 0. The van der Waals surface area contributed by atoms with E-state index in [1.165, 1.54) is 47.2 Å². The zero-order valence-corrected chi connectivity index (χ0v) is 21.0. The molecule has 0 N–H and O–H groups in total. The second kappa shape index (κ2) is 7.10. The Bertz CT molecular complexity index is 1530. The molecule has 3 unspecified atom stereocenters. The number of hydrogen-bond acceptors (Lipinski definition) is 4. The minimum Gasteiger partial charge on any atom is -0.496 e. The van der Waals surface area contributed by atoms with E-state index in [0.29, 0.717) is 6.04 Å². The van der Waals surface area contributed by atoms with E-state index in [9.17, 15) is 4.79 Å². The Morgan fingerprint density at radius 2 is 2.09 bits per heavy atom. The zero-order valence-electron chi connectivity index (χ0n) is 20.2. The molecule has 4 heterocycles. The van der Waals surface area contributed by atoms with Crippen LogP contribution in [0.3, 0.4) is 0 Å². The predicted molar refractivity (Wildman–Crippen MR) is 139 cm³/mol. The molecule has 1 amide bonds. The van der Waals surface area contributed by atoms with Crippen LogP contribution in [0, 0.1) is 30.6 Å². The monoisotopic (exact) mass is 483 g/mol. The van der Waals surface area contributed by atoms with Crippen molar-refractivity contribution in [3.63, 3.8) is 0 Å². The van der Waals surface area contributed by atoms with Crippen LogP contribution in [0.4, 0.5) is 0 Å². The fraction of sp³-hybridized carbons (Fsp3) is 0.448. The summed E-state index contributed by atoms with van der Waals surface area (Å²) in [5.74, 6) is 4.15. The van der Waals surface area contributed by atoms with Gasteiger partial charge in [-0.05, 0) is 92.2 Å². The molecule has 0 spiro atoms. The molecule has 4 fully saturated rings. The van der Waals surface area contributed by atoms with Gasteiger partial charge >= 0.3 is 0 Å². The Morgan fingerprint density at radius 3 is 2.86 bits per heavy atom. The molecule has 3 aliphatic carbocycles. The molecule has 1 aliphatic heterocycles. The number of thiophene rings is 1. The highest BCUT2D eigenvalue weighted by Gasteiger charge is 2.61. The summed E-state index contributed by atoms with van der Waals surface area (Å²) in [6, 6.07) is 11.0. The number of ether oxygens (including phenoxy) is 1. The minimum absolute atomic E-state index is 0.183. The van der Waals surface area contributed by atoms with Crippen molar-refractivity contribution < 1.29 is 9.53 Å². The van der Waals surface area contributed by atoms with Gasteiger partial charge in [0.15, 0.2) is 0 Å². The molecule has 1 saturated heterocycles. The van der Waals surface area contributed by atoms with Gasteiger partial charge in [-0.1, -0.05) is 0 Å². The first-order chi connectivity index (χ1) is 17.1. The number of rotatable bonds is 5. The summed E-state index contributed by atoms with van der Waals surface area (Å²) in [7, 11) is 1.72. The lowest BCUT2D eigenvalue weighted by Gasteiger charge is -2.52. The van der Waals surface area contributed by atoms with Gasteiger partial charge in [-0.25, -0.2) is 4.98 Å². The molecule has 4 aliphatic rings. The van der Waals surface area contributed by atoms with Crippen LogP contribution in [0.25, 0.3) is 31.7 Å². The molecular formula is C29H29N3O2S. The number of nitrogens with zero attached hydrogens (tertiary/aromatic N) is 3. The Hall–Kier alpha value is -2.86. The van der Waals surface area contributed by atoms with Crippen LogP contribution in [-0.4, -0.2) is 40.1 Å². The van der Waals surface area contributed by atoms with Crippen molar-refractivity contribution >= 4 is 38.4 Å². The van der Waals surface area contributed by atoms with E-state index >= 15 is 0 Å². The lowest BCUT2D eigenvalue weighted by Crippen LogP contribution is -2.53. The summed E-state index contributed by atoms with van der Waals surface area (Å²) in [6.07, 6.45) is 7.02. The van der Waals surface area contributed by atoms with Gasteiger partial charge in [-0.3, -0.25) is 4.79 Å². The molecule has 5 nitrogen and oxygen atoms in total. The summed E-state index contributed by atoms with van der Waals surface area (Å²) in [6.45, 7) is 4.15. The van der Waals surface area contributed by atoms with Crippen molar-refractivity contribution in [1.82, 2.24) is 14.5 Å². The van der Waals surface area contributed by atoms with Crippen LogP contribution in [0.1, 0.15) is 41.6 Å². The molecule has 0 radical (unpaired) electrons. The van der Waals surface area contributed by atoms with Gasteiger partial charge in [0, 0.05) is 46.4 Å². The highest BCUT2D eigenvalue weighted by atomic mass is 32.1. The lowest BCUT2D eigenvalue weighted by molar-refractivity contribution is -0.0204. The Labute approximate surface area is 208 Å². The van der Waals surface area contributed by atoms with E-state index in [1.807, 2.05) is 18.3 Å². The summed E-state index contributed by atoms with van der Waals surface area (Å²) in [5, 5.41) is 2.32. The first-order valence-corrected chi connectivity index (χ1v) is 13.8. The summed E-state index contributed by atoms with van der Waals surface area (Å²) in [4.78, 5) is 21.8. The maximum atomic E-state index is 13.6. The van der Waals surface area contributed by atoms with E-state index in [4.69, 9.17) is 9.72 Å². The number of fused-ring (bicyclic) bond motifs is 2. The molecule has 1 aromatic carbocycles. The second-order valence-electron chi connectivity index (χ2n) is 11.2. The van der Waals surface area contributed by atoms with E-state index < -0.39 is 0 Å². The summed E-state index contributed by atoms with van der Waals surface area (Å²) in [5.41, 5.74) is 4.29. The molecule has 0 bridgehead atoms. The molecular weight excluding hydrogens is 454 g/mol. The largest absolute Gasteiger partial charge is 0.496 e. The normalized spacial score (nSPS) is 26.6. The number of carbonyl (C=O) groups is 1. The van der Waals surface area contributed by atoms with Crippen molar-refractivity contribution in [3.05, 3.63) is 47.7 Å². The second-order valence-corrected chi connectivity index (χ2v) is 12.3. The van der Waals surface area contributed by atoms with E-state index in [1.54, 1.807) is 18.4 Å². The number of methoxy groups -OCH3 is 1. The molecule has 3 saturated carbocycles. The third-order valence-electron chi connectivity index (χ3n) is 9.26. The minimum atomic E-state index is 0.183. The van der Waals surface area contributed by atoms with Crippen LogP contribution < -0.4 is 4.74 Å². The van der Waals surface area contributed by atoms with E-state index in [2.05, 4.69) is 34.6 Å². The summed E-state index contributed by atoms with van der Waals surface area (Å²) >= 11 is 1.78. The first kappa shape index (κ1) is 20.3. The summed E-state index contributed by atoms with van der Waals surface area (Å²) < 4.78 is 9.43. The predicted octanol–water partition coefficient (Wildman–Crippen LogP) is 6.13. The first-order valence-electron chi connectivity index (χ1n) is 13.0. The number of pyridine rings is 1. The van der Waals surface area contributed by atoms with Crippen molar-refractivity contribution in [2.75, 3.05) is 13.7 Å². The third-order valence-corrected chi connectivity index (χ3v) is 10.5. The quantitative estimate of drug-likeness (QED) is 0.343. The van der Waals surface area contributed by atoms with Crippen LogP contribution >= 0.6 is 11.3 Å². The lowest BCUT2D eigenvalue weighted by atomic mass is 9.53. The van der Waals surface area contributed by atoms with Gasteiger partial charge in [0.25, 0.3) is 5.91 Å². The van der Waals surface area contributed by atoms with Crippen molar-refractivity contribution in [2.24, 2.45) is 23.7 Å². The average molecular weight is 484 g/mol. The number of carbonyl (C=O) groups excluding carboxylic acids is 1. The number of amides is 1. The molecule has 4 aromatic rings. The Balaban J connectivity index is 1.25. The average Bonchev–Trinajstić information content (AvgIpc) is 3.52. The van der Waals surface area contributed by atoms with Crippen LogP contribution in [0.5, 0.6) is 5.75 Å². The highest BCUT2D eigenvalue weighted by Crippen LogP contribution is 2.61. The smallest absolute Gasteiger partial charge is 0.254 e. The Morgan fingerprint density at radius 1 is 1.20 bits per heavy atom. The van der Waals surface area contributed by atoms with E-state index in [-0.39, 0.29) is 5.91 Å².